The van der Waals surface area contributed by atoms with E-state index in [1.807, 2.05) is 11.9 Å². The monoisotopic (exact) mass is 224 g/mol. The summed E-state index contributed by atoms with van der Waals surface area (Å²) in [4.78, 5) is 9.87. The minimum absolute atomic E-state index is 0.395. The zero-order valence-electron chi connectivity index (χ0n) is 9.49. The Morgan fingerprint density at radius 3 is 2.81 bits per heavy atom. The van der Waals surface area contributed by atoms with Gasteiger partial charge in [0.15, 0.2) is 5.82 Å². The van der Waals surface area contributed by atoms with E-state index >= 15 is 0 Å². The molecule has 4 nitrogen and oxygen atoms in total. The third kappa shape index (κ3) is 2.88. The second-order valence-electron chi connectivity index (χ2n) is 4.23. The molecule has 1 atom stereocenters. The lowest BCUT2D eigenvalue weighted by atomic mass is 10.0. The first kappa shape index (κ1) is 11.3. The lowest BCUT2D eigenvalue weighted by Gasteiger charge is -2.28. The van der Waals surface area contributed by atoms with Crippen molar-refractivity contribution >= 4 is 5.95 Å². The molecule has 1 aromatic rings. The van der Waals surface area contributed by atoms with Gasteiger partial charge in [0.05, 0.1) is 12.4 Å². The molecule has 0 bridgehead atoms. The lowest BCUT2D eigenvalue weighted by molar-refractivity contribution is 0.402. The number of likely N-dealkylation sites (N-methyl/N-ethyl adjacent to an activating group) is 1. The van der Waals surface area contributed by atoms with E-state index in [1.54, 1.807) is 0 Å². The third-order valence-electron chi connectivity index (χ3n) is 2.85. The van der Waals surface area contributed by atoms with Crippen molar-refractivity contribution in [3.8, 4) is 0 Å². The molecule has 88 valence electrons. The molecular formula is C11H17FN4. The Morgan fingerprint density at radius 2 is 2.19 bits per heavy atom. The van der Waals surface area contributed by atoms with E-state index in [4.69, 9.17) is 0 Å². The molecule has 1 N–H and O–H groups in total. The van der Waals surface area contributed by atoms with Gasteiger partial charge in [-0.3, -0.25) is 0 Å². The first-order chi connectivity index (χ1) is 7.75. The van der Waals surface area contributed by atoms with Crippen LogP contribution in [0.5, 0.6) is 0 Å². The van der Waals surface area contributed by atoms with E-state index in [-0.39, 0.29) is 0 Å². The Balaban J connectivity index is 1.91. The van der Waals surface area contributed by atoms with Crippen molar-refractivity contribution in [3.63, 3.8) is 0 Å². The number of nitrogens with zero attached hydrogens (tertiary/aromatic N) is 3. The summed E-state index contributed by atoms with van der Waals surface area (Å²) in [5, 5.41) is 3.46. The highest BCUT2D eigenvalue weighted by atomic mass is 19.1. The van der Waals surface area contributed by atoms with Crippen LogP contribution in [0.1, 0.15) is 19.3 Å². The van der Waals surface area contributed by atoms with Crippen LogP contribution in [0.2, 0.25) is 0 Å². The van der Waals surface area contributed by atoms with Gasteiger partial charge in [-0.1, -0.05) is 6.42 Å². The molecule has 1 aliphatic heterocycles. The predicted octanol–water partition coefficient (Wildman–Crippen LogP) is 1.19. The summed E-state index contributed by atoms with van der Waals surface area (Å²) in [5.41, 5.74) is 0. The van der Waals surface area contributed by atoms with Gasteiger partial charge >= 0.3 is 0 Å². The number of aromatic nitrogens is 2. The number of piperidine rings is 1. The number of nitrogens with one attached hydrogen (secondary N) is 1. The molecule has 2 rings (SSSR count). The summed E-state index contributed by atoms with van der Waals surface area (Å²) in [6.07, 6.45) is 6.12. The maximum absolute atomic E-state index is 12.7. The van der Waals surface area contributed by atoms with Crippen LogP contribution in [0.4, 0.5) is 10.3 Å². The van der Waals surface area contributed by atoms with Crippen LogP contribution < -0.4 is 10.2 Å². The van der Waals surface area contributed by atoms with Crippen LogP contribution in [0.3, 0.4) is 0 Å². The number of rotatable bonds is 3. The van der Waals surface area contributed by atoms with Crippen molar-refractivity contribution < 1.29 is 4.39 Å². The van der Waals surface area contributed by atoms with Gasteiger partial charge < -0.3 is 10.2 Å². The van der Waals surface area contributed by atoms with Crippen LogP contribution in [0.15, 0.2) is 12.4 Å². The molecule has 2 heterocycles. The van der Waals surface area contributed by atoms with Crippen molar-refractivity contribution in [2.24, 2.45) is 0 Å². The Hall–Kier alpha value is -1.23. The average Bonchev–Trinajstić information content (AvgIpc) is 2.31. The largest absolute Gasteiger partial charge is 0.342 e. The molecule has 1 fully saturated rings. The number of hydrogen-bond acceptors (Lipinski definition) is 4. The lowest BCUT2D eigenvalue weighted by Crippen LogP contribution is -2.42. The van der Waals surface area contributed by atoms with Gasteiger partial charge in [-0.2, -0.15) is 0 Å². The standard InChI is InChI=1S/C11H17FN4/c1-16(8-10-4-2-3-5-13-10)11-14-6-9(12)7-15-11/h6-7,10,13H,2-5,8H2,1H3/t10-/m1/s1. The van der Waals surface area contributed by atoms with Crippen LogP contribution in [-0.4, -0.2) is 36.1 Å². The Labute approximate surface area is 94.9 Å². The Bertz CT molecular complexity index is 321. The minimum atomic E-state index is -0.395. The Morgan fingerprint density at radius 1 is 1.44 bits per heavy atom. The first-order valence-corrected chi connectivity index (χ1v) is 5.68. The normalized spacial score (nSPS) is 20.8. The highest BCUT2D eigenvalue weighted by molar-refractivity contribution is 5.27. The van der Waals surface area contributed by atoms with Crippen LogP contribution in [0, 0.1) is 5.82 Å². The molecule has 0 unspecified atom stereocenters. The fourth-order valence-electron chi connectivity index (χ4n) is 1.99. The average molecular weight is 224 g/mol. The summed E-state index contributed by atoms with van der Waals surface area (Å²) in [6.45, 7) is 1.95. The molecule has 16 heavy (non-hydrogen) atoms. The Kier molecular flexibility index (Phi) is 3.66. The van der Waals surface area contributed by atoms with Crippen molar-refractivity contribution in [2.75, 3.05) is 25.0 Å². The van der Waals surface area contributed by atoms with E-state index in [0.717, 1.165) is 13.1 Å². The molecule has 0 saturated carbocycles. The van der Waals surface area contributed by atoms with Crippen molar-refractivity contribution in [2.45, 2.75) is 25.3 Å². The predicted molar refractivity (Wildman–Crippen MR) is 60.9 cm³/mol. The fourth-order valence-corrected chi connectivity index (χ4v) is 1.99. The number of hydrogen-bond donors (Lipinski definition) is 1. The van der Waals surface area contributed by atoms with Gasteiger partial charge in [-0.15, -0.1) is 0 Å². The van der Waals surface area contributed by atoms with E-state index < -0.39 is 5.82 Å². The summed E-state index contributed by atoms with van der Waals surface area (Å²) >= 11 is 0. The highest BCUT2D eigenvalue weighted by Gasteiger charge is 2.15. The van der Waals surface area contributed by atoms with Gasteiger partial charge in [0.2, 0.25) is 5.95 Å². The SMILES string of the molecule is CN(C[C@H]1CCCCN1)c1ncc(F)cn1. The molecule has 0 spiro atoms. The molecule has 0 aromatic carbocycles. The quantitative estimate of drug-likeness (QED) is 0.837. The minimum Gasteiger partial charge on any atom is -0.342 e. The number of anilines is 1. The maximum atomic E-state index is 12.7. The van der Waals surface area contributed by atoms with Gasteiger partial charge in [0, 0.05) is 19.6 Å². The van der Waals surface area contributed by atoms with Crippen molar-refractivity contribution in [1.29, 1.82) is 0 Å². The van der Waals surface area contributed by atoms with E-state index in [1.165, 1.54) is 31.7 Å². The highest BCUT2D eigenvalue weighted by Crippen LogP contribution is 2.10. The molecule has 0 radical (unpaired) electrons. The summed E-state index contributed by atoms with van der Waals surface area (Å²) < 4.78 is 12.7. The smallest absolute Gasteiger partial charge is 0.225 e. The molecular weight excluding hydrogens is 207 g/mol. The van der Waals surface area contributed by atoms with Gasteiger partial charge in [-0.25, -0.2) is 14.4 Å². The summed E-state index contributed by atoms with van der Waals surface area (Å²) in [7, 11) is 1.93. The third-order valence-corrected chi connectivity index (χ3v) is 2.85. The molecule has 0 amide bonds. The second-order valence-corrected chi connectivity index (χ2v) is 4.23. The summed E-state index contributed by atoms with van der Waals surface area (Å²) in [6, 6.07) is 0.493. The second kappa shape index (κ2) is 5.21. The van der Waals surface area contributed by atoms with Crippen LogP contribution >= 0.6 is 0 Å². The fraction of sp³-hybridized carbons (Fsp3) is 0.636. The van der Waals surface area contributed by atoms with Crippen molar-refractivity contribution in [1.82, 2.24) is 15.3 Å². The molecule has 0 aliphatic carbocycles. The van der Waals surface area contributed by atoms with Crippen molar-refractivity contribution in [3.05, 3.63) is 18.2 Å². The first-order valence-electron chi connectivity index (χ1n) is 5.68. The van der Waals surface area contributed by atoms with Gasteiger partial charge in [-0.05, 0) is 19.4 Å². The van der Waals surface area contributed by atoms with Gasteiger partial charge in [0.25, 0.3) is 0 Å². The summed E-state index contributed by atoms with van der Waals surface area (Å²) in [5.74, 6) is 0.182. The van der Waals surface area contributed by atoms with Gasteiger partial charge in [0.1, 0.15) is 0 Å². The molecule has 1 saturated heterocycles. The molecule has 5 heteroatoms. The maximum Gasteiger partial charge on any atom is 0.225 e. The number of halogens is 1. The molecule has 1 aliphatic rings. The van der Waals surface area contributed by atoms with E-state index in [2.05, 4.69) is 15.3 Å². The zero-order valence-corrected chi connectivity index (χ0v) is 9.49. The van der Waals surface area contributed by atoms with E-state index in [0.29, 0.717) is 12.0 Å². The van der Waals surface area contributed by atoms with E-state index in [9.17, 15) is 4.39 Å². The van der Waals surface area contributed by atoms with Crippen LogP contribution in [-0.2, 0) is 0 Å². The molecule has 1 aromatic heterocycles. The zero-order chi connectivity index (χ0) is 11.4. The van der Waals surface area contributed by atoms with Crippen LogP contribution in [0.25, 0.3) is 0 Å². The topological polar surface area (TPSA) is 41.0 Å².